The van der Waals surface area contributed by atoms with E-state index in [4.69, 9.17) is 0 Å². The van der Waals surface area contributed by atoms with E-state index in [0.29, 0.717) is 10.8 Å². The van der Waals surface area contributed by atoms with Crippen molar-refractivity contribution in [2.45, 2.75) is 85.2 Å². The monoisotopic (exact) mass is 277 g/mol. The summed E-state index contributed by atoms with van der Waals surface area (Å²) in [7, 11) is 0. The van der Waals surface area contributed by atoms with Crippen molar-refractivity contribution in [2.75, 3.05) is 0 Å². The molecule has 2 aliphatic rings. The highest BCUT2D eigenvalue weighted by molar-refractivity contribution is 5.17. The molecular weight excluding hydrogens is 246 g/mol. The van der Waals surface area contributed by atoms with Crippen LogP contribution >= 0.6 is 0 Å². The number of aliphatic hydroxyl groups is 1. The molecule has 2 saturated carbocycles. The summed E-state index contributed by atoms with van der Waals surface area (Å²) in [6.45, 7) is 11.3. The molecule has 0 radical (unpaired) electrons. The summed E-state index contributed by atoms with van der Waals surface area (Å²) >= 11 is 0. The Labute approximate surface area is 124 Å². The molecule has 0 aromatic rings. The highest BCUT2D eigenvalue weighted by atomic mass is 16.3. The lowest BCUT2D eigenvalue weighted by Gasteiger charge is -2.55. The molecule has 0 bridgehead atoms. The maximum absolute atomic E-state index is 11.4. The molecule has 2 rings (SSSR count). The van der Waals surface area contributed by atoms with E-state index in [0.717, 1.165) is 44.9 Å². The highest BCUT2D eigenvalue weighted by Crippen LogP contribution is 2.58. The van der Waals surface area contributed by atoms with Crippen LogP contribution < -0.4 is 0 Å². The van der Waals surface area contributed by atoms with Gasteiger partial charge in [0, 0.05) is 0 Å². The lowest BCUT2D eigenvalue weighted by atomic mass is 9.51. The van der Waals surface area contributed by atoms with Gasteiger partial charge in [0.1, 0.15) is 0 Å². The number of rotatable bonds is 1. The molecule has 0 aromatic carbocycles. The van der Waals surface area contributed by atoms with E-state index in [9.17, 15) is 10.4 Å². The summed E-state index contributed by atoms with van der Waals surface area (Å²) in [5.74, 6) is 0.215. The van der Waals surface area contributed by atoms with Gasteiger partial charge in [-0.05, 0) is 61.7 Å². The van der Waals surface area contributed by atoms with E-state index in [1.165, 1.54) is 0 Å². The zero-order chi connectivity index (χ0) is 15.2. The number of nitrogens with zero attached hydrogens (tertiary/aromatic N) is 1. The quantitative estimate of drug-likeness (QED) is 0.756. The van der Waals surface area contributed by atoms with Crippen LogP contribution in [0.5, 0.6) is 0 Å². The van der Waals surface area contributed by atoms with Crippen LogP contribution in [-0.4, -0.2) is 10.7 Å². The highest BCUT2D eigenvalue weighted by Gasteiger charge is 2.58. The summed E-state index contributed by atoms with van der Waals surface area (Å²) in [6.07, 6.45) is 6.67. The third-order valence-corrected chi connectivity index (χ3v) is 6.36. The number of nitriles is 1. The molecular formula is C18H31NO. The molecule has 0 aliphatic heterocycles. The van der Waals surface area contributed by atoms with Crippen LogP contribution in [0.3, 0.4) is 0 Å². The van der Waals surface area contributed by atoms with E-state index in [1.54, 1.807) is 0 Å². The SMILES string of the molecule is CC1CC(C)(C)CCC1(O)C1(C#N)CCC(C)(C)CC1. The van der Waals surface area contributed by atoms with Gasteiger partial charge < -0.3 is 5.11 Å². The second kappa shape index (κ2) is 4.73. The maximum Gasteiger partial charge on any atom is 0.0863 e. The van der Waals surface area contributed by atoms with Crippen molar-refractivity contribution < 1.29 is 5.11 Å². The first-order valence-electron chi connectivity index (χ1n) is 8.20. The van der Waals surface area contributed by atoms with Gasteiger partial charge >= 0.3 is 0 Å². The molecule has 0 aromatic heterocycles. The zero-order valence-electron chi connectivity index (χ0n) is 13.9. The van der Waals surface area contributed by atoms with Gasteiger partial charge in [0.2, 0.25) is 0 Å². The molecule has 20 heavy (non-hydrogen) atoms. The van der Waals surface area contributed by atoms with Gasteiger partial charge in [0.25, 0.3) is 0 Å². The first kappa shape index (κ1) is 15.8. The molecule has 0 spiro atoms. The molecule has 2 heteroatoms. The van der Waals surface area contributed by atoms with Crippen LogP contribution in [0.1, 0.15) is 79.6 Å². The normalized spacial score (nSPS) is 39.0. The van der Waals surface area contributed by atoms with E-state index in [1.807, 2.05) is 0 Å². The zero-order valence-corrected chi connectivity index (χ0v) is 13.9. The van der Waals surface area contributed by atoms with Gasteiger partial charge in [-0.15, -0.1) is 0 Å². The van der Waals surface area contributed by atoms with Crippen molar-refractivity contribution in [3.05, 3.63) is 0 Å². The molecule has 0 saturated heterocycles. The van der Waals surface area contributed by atoms with E-state index >= 15 is 0 Å². The maximum atomic E-state index is 11.4. The second-order valence-electron chi connectivity index (χ2n) is 9.05. The summed E-state index contributed by atoms with van der Waals surface area (Å²) in [5.41, 5.74) is -0.670. The topological polar surface area (TPSA) is 44.0 Å². The largest absolute Gasteiger partial charge is 0.388 e. The fraction of sp³-hybridized carbons (Fsp3) is 0.944. The summed E-state index contributed by atoms with van der Waals surface area (Å²) in [6, 6.07) is 2.57. The summed E-state index contributed by atoms with van der Waals surface area (Å²) in [5, 5.41) is 21.3. The molecule has 2 aliphatic carbocycles. The first-order valence-corrected chi connectivity index (χ1v) is 8.20. The van der Waals surface area contributed by atoms with Gasteiger partial charge in [0.15, 0.2) is 0 Å². The fourth-order valence-electron chi connectivity index (χ4n) is 4.58. The van der Waals surface area contributed by atoms with Crippen LogP contribution in [0, 0.1) is 33.5 Å². The standard InChI is InChI=1S/C18H31NO/c1-14-12-16(4,5)8-11-18(14,20)17(13-19)9-6-15(2,3)7-10-17/h14,20H,6-12H2,1-5H3. The predicted molar refractivity (Wildman–Crippen MR) is 82.0 cm³/mol. The molecule has 2 atom stereocenters. The fourth-order valence-corrected chi connectivity index (χ4v) is 4.58. The molecule has 1 N–H and O–H groups in total. The minimum Gasteiger partial charge on any atom is -0.388 e. The summed E-state index contributed by atoms with van der Waals surface area (Å²) < 4.78 is 0. The van der Waals surface area contributed by atoms with Crippen molar-refractivity contribution in [1.82, 2.24) is 0 Å². The van der Waals surface area contributed by atoms with Crippen molar-refractivity contribution in [3.63, 3.8) is 0 Å². The Kier molecular flexibility index (Phi) is 3.75. The Morgan fingerprint density at radius 3 is 1.85 bits per heavy atom. The molecule has 2 nitrogen and oxygen atoms in total. The van der Waals surface area contributed by atoms with Crippen LogP contribution in [0.15, 0.2) is 0 Å². The Balaban J connectivity index is 2.26. The van der Waals surface area contributed by atoms with Crippen LogP contribution in [0.2, 0.25) is 0 Å². The molecule has 0 amide bonds. The van der Waals surface area contributed by atoms with E-state index in [-0.39, 0.29) is 5.92 Å². The molecule has 0 heterocycles. The van der Waals surface area contributed by atoms with Crippen molar-refractivity contribution in [2.24, 2.45) is 22.2 Å². The van der Waals surface area contributed by atoms with E-state index in [2.05, 4.69) is 40.7 Å². The Morgan fingerprint density at radius 2 is 1.40 bits per heavy atom. The first-order chi connectivity index (χ1) is 9.06. The van der Waals surface area contributed by atoms with Gasteiger partial charge in [-0.25, -0.2) is 0 Å². The van der Waals surface area contributed by atoms with Crippen LogP contribution in [0.25, 0.3) is 0 Å². The lowest BCUT2D eigenvalue weighted by molar-refractivity contribution is -0.156. The van der Waals surface area contributed by atoms with Gasteiger partial charge in [-0.3, -0.25) is 0 Å². The second-order valence-corrected chi connectivity index (χ2v) is 9.05. The summed E-state index contributed by atoms with van der Waals surface area (Å²) in [4.78, 5) is 0. The van der Waals surface area contributed by atoms with Crippen molar-refractivity contribution >= 4 is 0 Å². The number of hydrogen-bond donors (Lipinski definition) is 1. The van der Waals surface area contributed by atoms with Crippen molar-refractivity contribution in [1.29, 1.82) is 5.26 Å². The number of hydrogen-bond acceptors (Lipinski definition) is 2. The minimum atomic E-state index is -0.784. The van der Waals surface area contributed by atoms with Gasteiger partial charge in [0.05, 0.1) is 17.1 Å². The minimum absolute atomic E-state index is 0.215. The Morgan fingerprint density at radius 1 is 0.900 bits per heavy atom. The smallest absolute Gasteiger partial charge is 0.0863 e. The third-order valence-electron chi connectivity index (χ3n) is 6.36. The third kappa shape index (κ3) is 2.50. The van der Waals surface area contributed by atoms with Gasteiger partial charge in [-0.1, -0.05) is 34.6 Å². The Hall–Kier alpha value is -0.550. The van der Waals surface area contributed by atoms with Crippen molar-refractivity contribution in [3.8, 4) is 6.07 Å². The molecule has 2 unspecified atom stereocenters. The average molecular weight is 277 g/mol. The van der Waals surface area contributed by atoms with Gasteiger partial charge in [-0.2, -0.15) is 5.26 Å². The van der Waals surface area contributed by atoms with Crippen LogP contribution in [-0.2, 0) is 0 Å². The Bertz CT molecular complexity index is 408. The van der Waals surface area contributed by atoms with E-state index < -0.39 is 11.0 Å². The average Bonchev–Trinajstić information content (AvgIpc) is 2.35. The lowest BCUT2D eigenvalue weighted by Crippen LogP contribution is -2.57. The molecule has 114 valence electrons. The van der Waals surface area contributed by atoms with Crippen LogP contribution in [0.4, 0.5) is 0 Å². The predicted octanol–water partition coefficient (Wildman–Crippen LogP) is 4.67. The molecule has 2 fully saturated rings.